The van der Waals surface area contributed by atoms with E-state index in [4.69, 9.17) is 0 Å². The van der Waals surface area contributed by atoms with E-state index in [9.17, 15) is 37.8 Å². The number of H-pyrrole nitrogens is 1. The van der Waals surface area contributed by atoms with Gasteiger partial charge < -0.3 is 24.7 Å². The van der Waals surface area contributed by atoms with Gasteiger partial charge in [0.2, 0.25) is 5.82 Å². The average molecular weight is 535 g/mol. The minimum absolute atomic E-state index is 0.00882. The first-order valence-corrected chi connectivity index (χ1v) is 11.6. The number of aryl methyl sites for hydroxylation is 1. The number of aromatic amines is 1. The van der Waals surface area contributed by atoms with Crippen molar-refractivity contribution in [1.29, 1.82) is 0 Å². The molecule has 15 heteroatoms. The van der Waals surface area contributed by atoms with Crippen LogP contribution >= 0.6 is 0 Å². The van der Waals surface area contributed by atoms with Crippen LogP contribution < -0.4 is 11.2 Å². The highest BCUT2D eigenvalue weighted by molar-refractivity contribution is 5.97. The fourth-order valence-electron chi connectivity index (χ4n) is 5.02. The standard InChI is InChI=1S/C23H24F3N7O5/c1-22(38)9-32(18(35)11-4-5-13-14(6-11)29-20(28-13)23(24,25)26)8-12(34)7-15(22)33-10-27-17-16(33)19(36)31(3)21(37)30(17)2/h4-6,10,12,15,34,38H,7-9H2,1-3H3,(H,28,29)/t12-,15-,22-/m1/s1. The molecule has 4 heterocycles. The maximum atomic E-state index is 13.4. The number of carbonyl (C=O) groups is 1. The number of β-amino-alcohol motifs (C(OH)–C–C–N with tert-alkyl or cyclic N) is 2. The minimum Gasteiger partial charge on any atom is -0.391 e. The van der Waals surface area contributed by atoms with Gasteiger partial charge in [0.1, 0.15) is 5.60 Å². The summed E-state index contributed by atoms with van der Waals surface area (Å²) in [6.45, 7) is 1.000. The molecule has 1 amide bonds. The third-order valence-corrected chi connectivity index (χ3v) is 6.95. The summed E-state index contributed by atoms with van der Waals surface area (Å²) < 4.78 is 42.6. The Bertz CT molecular complexity index is 1700. The van der Waals surface area contributed by atoms with E-state index in [-0.39, 0.29) is 47.3 Å². The van der Waals surface area contributed by atoms with Crippen LogP contribution in [0.2, 0.25) is 0 Å². The second-order valence-corrected chi connectivity index (χ2v) is 9.79. The summed E-state index contributed by atoms with van der Waals surface area (Å²) in [4.78, 5) is 49.6. The first-order valence-electron chi connectivity index (χ1n) is 11.6. The maximum Gasteiger partial charge on any atom is 0.449 e. The van der Waals surface area contributed by atoms with Crippen LogP contribution in [0.3, 0.4) is 0 Å². The van der Waals surface area contributed by atoms with E-state index in [1.54, 1.807) is 0 Å². The van der Waals surface area contributed by atoms with Gasteiger partial charge in [0, 0.05) is 26.2 Å². The maximum absolute atomic E-state index is 13.4. The number of carbonyl (C=O) groups excluding carboxylic acids is 1. The van der Waals surface area contributed by atoms with Crippen molar-refractivity contribution >= 4 is 28.1 Å². The summed E-state index contributed by atoms with van der Waals surface area (Å²) >= 11 is 0. The molecule has 1 aliphatic rings. The molecule has 3 N–H and O–H groups in total. The Labute approximate surface area is 211 Å². The van der Waals surface area contributed by atoms with Gasteiger partial charge in [-0.1, -0.05) is 0 Å². The van der Waals surface area contributed by atoms with Crippen molar-refractivity contribution in [3.05, 3.63) is 56.8 Å². The van der Waals surface area contributed by atoms with Gasteiger partial charge in [0.15, 0.2) is 11.2 Å². The lowest BCUT2D eigenvalue weighted by atomic mass is 9.92. The summed E-state index contributed by atoms with van der Waals surface area (Å²) in [5.41, 5.74) is -2.66. The van der Waals surface area contributed by atoms with E-state index in [1.807, 2.05) is 0 Å². The van der Waals surface area contributed by atoms with Gasteiger partial charge in [-0.2, -0.15) is 13.2 Å². The van der Waals surface area contributed by atoms with Crippen molar-refractivity contribution in [2.24, 2.45) is 14.1 Å². The molecule has 38 heavy (non-hydrogen) atoms. The number of aliphatic hydroxyl groups excluding tert-OH is 1. The fourth-order valence-corrected chi connectivity index (χ4v) is 5.02. The van der Waals surface area contributed by atoms with Crippen molar-refractivity contribution in [1.82, 2.24) is 33.6 Å². The summed E-state index contributed by atoms with van der Waals surface area (Å²) in [5, 5.41) is 22.3. The molecule has 0 saturated carbocycles. The van der Waals surface area contributed by atoms with Crippen LogP contribution in [0.5, 0.6) is 0 Å². The van der Waals surface area contributed by atoms with Crippen LogP contribution in [0.4, 0.5) is 13.2 Å². The smallest absolute Gasteiger partial charge is 0.391 e. The van der Waals surface area contributed by atoms with Gasteiger partial charge in [-0.3, -0.25) is 18.7 Å². The summed E-state index contributed by atoms with van der Waals surface area (Å²) in [5.74, 6) is -1.81. The lowest BCUT2D eigenvalue weighted by molar-refractivity contribution is -0.144. The van der Waals surface area contributed by atoms with Crippen molar-refractivity contribution in [2.45, 2.75) is 37.3 Å². The molecule has 3 atom stereocenters. The average Bonchev–Trinajstić information content (AvgIpc) is 3.45. The van der Waals surface area contributed by atoms with Crippen LogP contribution in [0, 0.1) is 0 Å². The van der Waals surface area contributed by atoms with Crippen LogP contribution in [0.1, 0.15) is 35.6 Å². The molecule has 3 aromatic heterocycles. The summed E-state index contributed by atoms with van der Waals surface area (Å²) in [6, 6.07) is 2.93. The summed E-state index contributed by atoms with van der Waals surface area (Å²) in [6.07, 6.45) is -4.56. The Morgan fingerprint density at radius 3 is 2.61 bits per heavy atom. The zero-order valence-corrected chi connectivity index (χ0v) is 20.5. The highest BCUT2D eigenvalue weighted by Crippen LogP contribution is 2.34. The van der Waals surface area contributed by atoms with Crippen LogP contribution in [-0.2, 0) is 20.3 Å². The molecule has 5 rings (SSSR count). The Morgan fingerprint density at radius 1 is 1.21 bits per heavy atom. The molecule has 0 aliphatic carbocycles. The fraction of sp³-hybridized carbons (Fsp3) is 0.435. The number of hydrogen-bond acceptors (Lipinski definition) is 7. The van der Waals surface area contributed by atoms with Gasteiger partial charge in [-0.15, -0.1) is 0 Å². The van der Waals surface area contributed by atoms with Crippen molar-refractivity contribution in [3.63, 3.8) is 0 Å². The largest absolute Gasteiger partial charge is 0.449 e. The number of alkyl halides is 3. The van der Waals surface area contributed by atoms with E-state index >= 15 is 0 Å². The van der Waals surface area contributed by atoms with Crippen molar-refractivity contribution < 1.29 is 28.2 Å². The number of nitrogens with zero attached hydrogens (tertiary/aromatic N) is 6. The second-order valence-electron chi connectivity index (χ2n) is 9.79. The van der Waals surface area contributed by atoms with E-state index in [0.29, 0.717) is 0 Å². The Morgan fingerprint density at radius 2 is 1.92 bits per heavy atom. The molecule has 0 bridgehead atoms. The highest BCUT2D eigenvalue weighted by Gasteiger charge is 2.43. The Balaban J connectivity index is 1.50. The van der Waals surface area contributed by atoms with E-state index < -0.39 is 46.9 Å². The monoisotopic (exact) mass is 535 g/mol. The summed E-state index contributed by atoms with van der Waals surface area (Å²) in [7, 11) is 2.77. The van der Waals surface area contributed by atoms with Gasteiger partial charge >= 0.3 is 11.9 Å². The van der Waals surface area contributed by atoms with Crippen molar-refractivity contribution in [2.75, 3.05) is 13.1 Å². The van der Waals surface area contributed by atoms with Gasteiger partial charge in [-0.05, 0) is 31.5 Å². The van der Waals surface area contributed by atoms with Gasteiger partial charge in [-0.25, -0.2) is 14.8 Å². The first-order chi connectivity index (χ1) is 17.7. The number of rotatable bonds is 2. The van der Waals surface area contributed by atoms with Gasteiger partial charge in [0.05, 0.1) is 36.1 Å². The Hall–Kier alpha value is -3.98. The number of fused-ring (bicyclic) bond motifs is 2. The number of benzene rings is 1. The number of amides is 1. The molecule has 1 aromatic carbocycles. The number of halogens is 3. The molecule has 12 nitrogen and oxygen atoms in total. The molecule has 202 valence electrons. The first kappa shape index (κ1) is 25.7. The number of imidazole rings is 2. The SMILES string of the molecule is Cn1c(=O)c2c(ncn2[C@@H]2C[C@@H](O)CN(C(=O)c3ccc4nc(C(F)(F)F)[nH]c4c3)C[C@@]2(C)O)n(C)c1=O. The number of nitrogens with one attached hydrogen (secondary N) is 1. The van der Waals surface area contributed by atoms with E-state index in [2.05, 4.69) is 15.0 Å². The van der Waals surface area contributed by atoms with Crippen LogP contribution in [0.15, 0.2) is 34.1 Å². The normalized spacial score (nSPS) is 22.8. The number of likely N-dealkylation sites (tertiary alicyclic amines) is 1. The minimum atomic E-state index is -4.68. The van der Waals surface area contributed by atoms with Crippen LogP contribution in [0.25, 0.3) is 22.2 Å². The third kappa shape index (κ3) is 4.07. The quantitative estimate of drug-likeness (QED) is 0.339. The van der Waals surface area contributed by atoms with E-state index in [1.165, 1.54) is 59.6 Å². The topological polar surface area (TPSA) is 151 Å². The molecule has 1 fully saturated rings. The molecule has 0 radical (unpaired) electrons. The zero-order valence-electron chi connectivity index (χ0n) is 20.5. The lowest BCUT2D eigenvalue weighted by Crippen LogP contribution is -2.47. The molecular weight excluding hydrogens is 511 g/mol. The molecule has 0 unspecified atom stereocenters. The number of aliphatic hydroxyl groups is 2. The number of hydrogen-bond donors (Lipinski definition) is 3. The van der Waals surface area contributed by atoms with E-state index in [0.717, 1.165) is 4.57 Å². The highest BCUT2D eigenvalue weighted by atomic mass is 19.4. The third-order valence-electron chi connectivity index (χ3n) is 6.95. The predicted molar refractivity (Wildman–Crippen MR) is 127 cm³/mol. The zero-order chi connectivity index (χ0) is 27.7. The van der Waals surface area contributed by atoms with Gasteiger partial charge in [0.25, 0.3) is 11.5 Å². The molecule has 0 spiro atoms. The molecule has 1 aliphatic heterocycles. The number of aromatic nitrogens is 6. The molecular formula is C23H24F3N7O5. The lowest BCUT2D eigenvalue weighted by Gasteiger charge is -2.34. The van der Waals surface area contributed by atoms with Crippen LogP contribution in [-0.4, -0.2) is 74.5 Å². The Kier molecular flexibility index (Phi) is 5.76. The van der Waals surface area contributed by atoms with Crippen molar-refractivity contribution in [3.8, 4) is 0 Å². The molecule has 1 saturated heterocycles. The molecule has 4 aromatic rings. The second kappa shape index (κ2) is 8.52. The predicted octanol–water partition coefficient (Wildman–Crippen LogP) is 0.528.